The molecule has 0 aromatic carbocycles. The summed E-state index contributed by atoms with van der Waals surface area (Å²) in [6, 6.07) is 0. The van der Waals surface area contributed by atoms with E-state index in [1.807, 2.05) is 7.05 Å². The Kier molecular flexibility index (Phi) is 3.22. The monoisotopic (exact) mass is 223 g/mol. The average molecular weight is 223 g/mol. The smallest absolute Gasteiger partial charge is 0.313 e. The number of hydrogen-bond donors (Lipinski definition) is 0. The van der Waals surface area contributed by atoms with Crippen LogP contribution in [0.4, 0.5) is 0 Å². The molecule has 0 spiro atoms. The van der Waals surface area contributed by atoms with Crippen molar-refractivity contribution < 1.29 is 9.53 Å². The molecule has 1 saturated carbocycles. The summed E-state index contributed by atoms with van der Waals surface area (Å²) in [5.41, 5.74) is 0. The molecule has 88 valence electrons. The van der Waals surface area contributed by atoms with Crippen LogP contribution in [0.3, 0.4) is 0 Å². The zero-order chi connectivity index (χ0) is 11.5. The van der Waals surface area contributed by atoms with E-state index in [9.17, 15) is 4.79 Å². The first kappa shape index (κ1) is 11.1. The van der Waals surface area contributed by atoms with Crippen molar-refractivity contribution in [3.8, 4) is 0 Å². The number of carbonyl (C=O) groups excluding carboxylic acids is 1. The molecule has 1 aromatic rings. The van der Waals surface area contributed by atoms with Gasteiger partial charge in [0.2, 0.25) is 0 Å². The quantitative estimate of drug-likeness (QED) is 0.722. The number of aromatic nitrogens is 3. The number of ether oxygens (including phenoxy) is 1. The van der Waals surface area contributed by atoms with Gasteiger partial charge in [0.05, 0.1) is 7.11 Å². The van der Waals surface area contributed by atoms with E-state index in [-0.39, 0.29) is 12.4 Å². The lowest BCUT2D eigenvalue weighted by atomic mass is 10.1. The summed E-state index contributed by atoms with van der Waals surface area (Å²) in [6.07, 6.45) is 5.06. The highest BCUT2D eigenvalue weighted by molar-refractivity contribution is 5.71. The molecule has 0 saturated heterocycles. The highest BCUT2D eigenvalue weighted by Crippen LogP contribution is 2.32. The lowest BCUT2D eigenvalue weighted by Gasteiger charge is -2.00. The van der Waals surface area contributed by atoms with Gasteiger partial charge in [0, 0.05) is 13.0 Å². The van der Waals surface area contributed by atoms with E-state index in [4.69, 9.17) is 0 Å². The molecule has 1 fully saturated rings. The average Bonchev–Trinajstić information content (AvgIpc) is 2.88. The summed E-state index contributed by atoms with van der Waals surface area (Å²) >= 11 is 0. The summed E-state index contributed by atoms with van der Waals surface area (Å²) in [6.45, 7) is 0. The second-order valence-corrected chi connectivity index (χ2v) is 4.24. The Morgan fingerprint density at radius 1 is 1.50 bits per heavy atom. The van der Waals surface area contributed by atoms with Crippen LogP contribution in [0.15, 0.2) is 0 Å². The molecule has 0 radical (unpaired) electrons. The minimum absolute atomic E-state index is 0.201. The molecule has 1 aliphatic carbocycles. The van der Waals surface area contributed by atoms with Gasteiger partial charge >= 0.3 is 5.97 Å². The van der Waals surface area contributed by atoms with E-state index in [1.54, 1.807) is 4.68 Å². The molecule has 2 rings (SSSR count). The molecule has 5 nitrogen and oxygen atoms in total. The van der Waals surface area contributed by atoms with Crippen LogP contribution in [-0.2, 0) is 23.0 Å². The van der Waals surface area contributed by atoms with Crippen LogP contribution in [0.2, 0.25) is 0 Å². The maximum atomic E-state index is 11.2. The van der Waals surface area contributed by atoms with Crippen LogP contribution in [0.5, 0.6) is 0 Å². The number of carbonyl (C=O) groups is 1. The van der Waals surface area contributed by atoms with Gasteiger partial charge in [-0.25, -0.2) is 4.98 Å². The van der Waals surface area contributed by atoms with Crippen LogP contribution in [-0.4, -0.2) is 27.8 Å². The SMILES string of the molecule is COC(=O)Cc1nc(C2CCCC2)nn1C. The number of hydrogen-bond acceptors (Lipinski definition) is 4. The number of nitrogens with zero attached hydrogens (tertiary/aromatic N) is 3. The van der Waals surface area contributed by atoms with Gasteiger partial charge < -0.3 is 4.74 Å². The fourth-order valence-corrected chi connectivity index (χ4v) is 2.15. The summed E-state index contributed by atoms with van der Waals surface area (Å²) < 4.78 is 6.31. The minimum Gasteiger partial charge on any atom is -0.469 e. The van der Waals surface area contributed by atoms with Crippen LogP contribution in [0, 0.1) is 0 Å². The van der Waals surface area contributed by atoms with Gasteiger partial charge in [-0.15, -0.1) is 0 Å². The van der Waals surface area contributed by atoms with E-state index in [0.717, 1.165) is 5.82 Å². The topological polar surface area (TPSA) is 57.0 Å². The summed E-state index contributed by atoms with van der Waals surface area (Å²) in [5.74, 6) is 1.79. The molecule has 0 bridgehead atoms. The molecule has 0 unspecified atom stereocenters. The Balaban J connectivity index is 2.11. The van der Waals surface area contributed by atoms with E-state index < -0.39 is 0 Å². The molecule has 0 amide bonds. The highest BCUT2D eigenvalue weighted by Gasteiger charge is 2.22. The summed E-state index contributed by atoms with van der Waals surface area (Å²) in [7, 11) is 3.21. The third kappa shape index (κ3) is 2.23. The Morgan fingerprint density at radius 3 is 2.81 bits per heavy atom. The first-order valence-electron chi connectivity index (χ1n) is 5.67. The molecule has 1 heterocycles. The second kappa shape index (κ2) is 4.63. The van der Waals surface area contributed by atoms with Gasteiger partial charge in [0.1, 0.15) is 12.2 Å². The molecule has 0 atom stereocenters. The van der Waals surface area contributed by atoms with Crippen molar-refractivity contribution in [2.45, 2.75) is 38.0 Å². The van der Waals surface area contributed by atoms with Crippen molar-refractivity contribution in [2.24, 2.45) is 7.05 Å². The third-order valence-corrected chi connectivity index (χ3v) is 3.12. The van der Waals surface area contributed by atoms with E-state index in [0.29, 0.717) is 11.7 Å². The van der Waals surface area contributed by atoms with Gasteiger partial charge in [-0.2, -0.15) is 5.10 Å². The third-order valence-electron chi connectivity index (χ3n) is 3.12. The van der Waals surface area contributed by atoms with Crippen molar-refractivity contribution in [1.29, 1.82) is 0 Å². The van der Waals surface area contributed by atoms with Gasteiger partial charge in [-0.1, -0.05) is 12.8 Å². The predicted molar refractivity (Wildman–Crippen MR) is 57.9 cm³/mol. The lowest BCUT2D eigenvalue weighted by Crippen LogP contribution is -2.09. The first-order valence-corrected chi connectivity index (χ1v) is 5.67. The van der Waals surface area contributed by atoms with Crippen molar-refractivity contribution in [1.82, 2.24) is 14.8 Å². The largest absolute Gasteiger partial charge is 0.469 e. The number of aryl methyl sites for hydroxylation is 1. The summed E-state index contributed by atoms with van der Waals surface area (Å²) in [4.78, 5) is 15.6. The highest BCUT2D eigenvalue weighted by atomic mass is 16.5. The van der Waals surface area contributed by atoms with Crippen LogP contribution in [0.25, 0.3) is 0 Å². The Morgan fingerprint density at radius 2 is 2.19 bits per heavy atom. The van der Waals surface area contributed by atoms with Gasteiger partial charge in [-0.3, -0.25) is 9.48 Å². The fourth-order valence-electron chi connectivity index (χ4n) is 2.15. The van der Waals surface area contributed by atoms with Gasteiger partial charge in [0.15, 0.2) is 5.82 Å². The van der Waals surface area contributed by atoms with Gasteiger partial charge in [-0.05, 0) is 12.8 Å². The number of rotatable bonds is 3. The molecule has 5 heteroatoms. The maximum absolute atomic E-state index is 11.2. The first-order chi connectivity index (χ1) is 7.70. The molecular formula is C11H17N3O2. The van der Waals surface area contributed by atoms with Crippen LogP contribution < -0.4 is 0 Å². The number of esters is 1. The normalized spacial score (nSPS) is 16.6. The summed E-state index contributed by atoms with van der Waals surface area (Å²) in [5, 5.41) is 4.38. The van der Waals surface area contributed by atoms with Crippen molar-refractivity contribution in [2.75, 3.05) is 7.11 Å². The molecule has 0 N–H and O–H groups in total. The standard InChI is InChI=1S/C11H17N3O2/c1-14-9(7-10(15)16-2)12-11(13-14)8-5-3-4-6-8/h8H,3-7H2,1-2H3. The maximum Gasteiger partial charge on any atom is 0.313 e. The van der Waals surface area contributed by atoms with E-state index >= 15 is 0 Å². The Labute approximate surface area is 94.8 Å². The van der Waals surface area contributed by atoms with Crippen molar-refractivity contribution >= 4 is 5.97 Å². The lowest BCUT2D eigenvalue weighted by molar-refractivity contribution is -0.139. The predicted octanol–water partition coefficient (Wildman–Crippen LogP) is 1.19. The Bertz CT molecular complexity index is 381. The molecule has 0 aliphatic heterocycles. The zero-order valence-electron chi connectivity index (χ0n) is 9.77. The van der Waals surface area contributed by atoms with Crippen molar-refractivity contribution in [3.63, 3.8) is 0 Å². The van der Waals surface area contributed by atoms with Crippen molar-refractivity contribution in [3.05, 3.63) is 11.6 Å². The molecule has 1 aromatic heterocycles. The minimum atomic E-state index is -0.270. The van der Waals surface area contributed by atoms with Crippen LogP contribution in [0.1, 0.15) is 43.3 Å². The van der Waals surface area contributed by atoms with Gasteiger partial charge in [0.25, 0.3) is 0 Å². The van der Waals surface area contributed by atoms with Crippen LogP contribution >= 0.6 is 0 Å². The molecular weight excluding hydrogens is 206 g/mol. The molecule has 16 heavy (non-hydrogen) atoms. The van der Waals surface area contributed by atoms with E-state index in [2.05, 4.69) is 14.8 Å². The number of methoxy groups -OCH3 is 1. The fraction of sp³-hybridized carbons (Fsp3) is 0.727. The zero-order valence-corrected chi connectivity index (χ0v) is 9.77. The second-order valence-electron chi connectivity index (χ2n) is 4.24. The van der Waals surface area contributed by atoms with E-state index in [1.165, 1.54) is 32.8 Å². The molecule has 1 aliphatic rings. The Hall–Kier alpha value is -1.39.